The monoisotopic (exact) mass is 224 g/mol. The van der Waals surface area contributed by atoms with Gasteiger partial charge >= 0.3 is 0 Å². The minimum Gasteiger partial charge on any atom is -0.356 e. The van der Waals surface area contributed by atoms with Gasteiger partial charge in [0.05, 0.1) is 0 Å². The molecule has 15 heavy (non-hydrogen) atoms. The molecule has 1 saturated heterocycles. The van der Waals surface area contributed by atoms with E-state index in [2.05, 4.69) is 35.9 Å². The molecular weight excluding hydrogens is 208 g/mol. The quantitative estimate of drug-likeness (QED) is 0.719. The molecule has 0 saturated carbocycles. The maximum atomic E-state index is 5.73. The van der Waals surface area contributed by atoms with E-state index in [4.69, 9.17) is 11.6 Å². The first-order valence-electron chi connectivity index (χ1n) is 5.46. The van der Waals surface area contributed by atoms with Gasteiger partial charge in [-0.2, -0.15) is 0 Å². The molecule has 0 amide bonds. The molecule has 2 nitrogen and oxygen atoms in total. The summed E-state index contributed by atoms with van der Waals surface area (Å²) < 4.78 is 0. The van der Waals surface area contributed by atoms with Crippen molar-refractivity contribution in [3.8, 4) is 0 Å². The van der Waals surface area contributed by atoms with Gasteiger partial charge in [0.1, 0.15) is 5.82 Å². The zero-order valence-electron chi connectivity index (χ0n) is 9.28. The number of alkyl halides is 1. The van der Waals surface area contributed by atoms with E-state index in [1.165, 1.54) is 0 Å². The molecule has 2 heterocycles. The largest absolute Gasteiger partial charge is 0.356 e. The van der Waals surface area contributed by atoms with Gasteiger partial charge in [0.25, 0.3) is 0 Å². The Bertz CT molecular complexity index is 313. The third-order valence-electron chi connectivity index (χ3n) is 3.28. The highest BCUT2D eigenvalue weighted by Gasteiger charge is 2.26. The average molecular weight is 225 g/mol. The number of anilines is 1. The Labute approximate surface area is 96.3 Å². The molecular formula is C12H17ClN2. The molecule has 2 atom stereocenters. The van der Waals surface area contributed by atoms with Crippen LogP contribution in [0.15, 0.2) is 18.3 Å². The summed E-state index contributed by atoms with van der Waals surface area (Å²) in [4.78, 5) is 6.80. The molecule has 1 aromatic rings. The normalized spacial score (nSPS) is 25.9. The molecule has 2 rings (SSSR count). The molecule has 1 aromatic heterocycles. The van der Waals surface area contributed by atoms with Gasteiger partial charge in [0.15, 0.2) is 0 Å². The molecule has 0 N–H and O–H groups in total. The van der Waals surface area contributed by atoms with Crippen molar-refractivity contribution in [3.63, 3.8) is 0 Å². The predicted octanol–water partition coefficient (Wildman–Crippen LogP) is 2.91. The average Bonchev–Trinajstić information content (AvgIpc) is 2.59. The van der Waals surface area contributed by atoms with Crippen molar-refractivity contribution < 1.29 is 0 Å². The van der Waals surface area contributed by atoms with Crippen LogP contribution in [0.4, 0.5) is 5.82 Å². The first-order valence-corrected chi connectivity index (χ1v) is 6.00. The summed E-state index contributed by atoms with van der Waals surface area (Å²) in [5, 5.41) is 0. The van der Waals surface area contributed by atoms with Crippen LogP contribution in [-0.2, 0) is 5.88 Å². The third kappa shape index (κ3) is 2.25. The van der Waals surface area contributed by atoms with Gasteiger partial charge in [-0.05, 0) is 23.5 Å². The number of aromatic nitrogens is 1. The van der Waals surface area contributed by atoms with Gasteiger partial charge in [-0.1, -0.05) is 19.9 Å². The van der Waals surface area contributed by atoms with Crippen LogP contribution in [0, 0.1) is 11.8 Å². The lowest BCUT2D eigenvalue weighted by Crippen LogP contribution is -2.20. The van der Waals surface area contributed by atoms with E-state index in [1.54, 1.807) is 0 Å². The van der Waals surface area contributed by atoms with Crippen LogP contribution in [0.2, 0.25) is 0 Å². The van der Waals surface area contributed by atoms with Crippen LogP contribution in [0.25, 0.3) is 0 Å². The molecule has 2 unspecified atom stereocenters. The smallest absolute Gasteiger partial charge is 0.128 e. The lowest BCUT2D eigenvalue weighted by molar-refractivity contribution is 0.494. The Hall–Kier alpha value is -0.760. The Morgan fingerprint density at radius 2 is 2.00 bits per heavy atom. The minimum absolute atomic E-state index is 0.542. The molecule has 0 bridgehead atoms. The van der Waals surface area contributed by atoms with E-state index in [1.807, 2.05) is 6.20 Å². The van der Waals surface area contributed by atoms with Crippen LogP contribution in [0.1, 0.15) is 19.4 Å². The number of nitrogens with zero attached hydrogens (tertiary/aromatic N) is 2. The number of rotatable bonds is 2. The van der Waals surface area contributed by atoms with Gasteiger partial charge in [0, 0.05) is 25.2 Å². The van der Waals surface area contributed by atoms with E-state index in [0.29, 0.717) is 5.88 Å². The second kappa shape index (κ2) is 4.40. The highest BCUT2D eigenvalue weighted by Crippen LogP contribution is 2.26. The standard InChI is InChI=1S/C12H17ClN2/c1-9-7-15(8-10(9)2)12-4-3-11(5-13)6-14-12/h3-4,6,9-10H,5,7-8H2,1-2H3. The predicted molar refractivity (Wildman–Crippen MR) is 64.3 cm³/mol. The highest BCUT2D eigenvalue weighted by atomic mass is 35.5. The maximum Gasteiger partial charge on any atom is 0.128 e. The summed E-state index contributed by atoms with van der Waals surface area (Å²) in [5.74, 6) is 3.15. The highest BCUT2D eigenvalue weighted by molar-refractivity contribution is 6.17. The second-order valence-electron chi connectivity index (χ2n) is 4.52. The van der Waals surface area contributed by atoms with Crippen molar-refractivity contribution in [1.29, 1.82) is 0 Å². The van der Waals surface area contributed by atoms with Crippen molar-refractivity contribution in [3.05, 3.63) is 23.9 Å². The van der Waals surface area contributed by atoms with E-state index < -0.39 is 0 Å². The minimum atomic E-state index is 0.542. The fourth-order valence-electron chi connectivity index (χ4n) is 2.00. The maximum absolute atomic E-state index is 5.73. The molecule has 1 fully saturated rings. The van der Waals surface area contributed by atoms with Crippen LogP contribution >= 0.6 is 11.6 Å². The SMILES string of the molecule is CC1CN(c2ccc(CCl)cn2)CC1C. The van der Waals surface area contributed by atoms with Crippen molar-refractivity contribution in [1.82, 2.24) is 4.98 Å². The fourth-order valence-corrected chi connectivity index (χ4v) is 2.16. The molecule has 0 aliphatic carbocycles. The van der Waals surface area contributed by atoms with Gasteiger partial charge in [-0.3, -0.25) is 0 Å². The van der Waals surface area contributed by atoms with Gasteiger partial charge in [-0.15, -0.1) is 11.6 Å². The lowest BCUT2D eigenvalue weighted by atomic mass is 10.0. The van der Waals surface area contributed by atoms with Gasteiger partial charge in [-0.25, -0.2) is 4.98 Å². The number of hydrogen-bond acceptors (Lipinski definition) is 2. The first-order chi connectivity index (χ1) is 7.20. The zero-order chi connectivity index (χ0) is 10.8. The molecule has 3 heteroatoms. The number of halogens is 1. The molecule has 82 valence electrons. The lowest BCUT2D eigenvalue weighted by Gasteiger charge is -2.16. The van der Waals surface area contributed by atoms with Crippen LogP contribution in [0.5, 0.6) is 0 Å². The number of hydrogen-bond donors (Lipinski definition) is 0. The van der Waals surface area contributed by atoms with Crippen molar-refractivity contribution in [2.45, 2.75) is 19.7 Å². The summed E-state index contributed by atoms with van der Waals surface area (Å²) in [6.45, 7) is 6.85. The summed E-state index contributed by atoms with van der Waals surface area (Å²) in [5.41, 5.74) is 1.08. The third-order valence-corrected chi connectivity index (χ3v) is 3.58. The van der Waals surface area contributed by atoms with Gasteiger partial charge in [0.2, 0.25) is 0 Å². The Morgan fingerprint density at radius 3 is 2.47 bits per heavy atom. The van der Waals surface area contributed by atoms with Crippen LogP contribution in [0.3, 0.4) is 0 Å². The van der Waals surface area contributed by atoms with Crippen molar-refractivity contribution in [2.24, 2.45) is 11.8 Å². The second-order valence-corrected chi connectivity index (χ2v) is 4.79. The first kappa shape index (κ1) is 10.7. The molecule has 1 aliphatic heterocycles. The number of pyridine rings is 1. The van der Waals surface area contributed by atoms with Crippen molar-refractivity contribution >= 4 is 17.4 Å². The topological polar surface area (TPSA) is 16.1 Å². The molecule has 0 aromatic carbocycles. The Balaban J connectivity index is 2.10. The van der Waals surface area contributed by atoms with E-state index in [-0.39, 0.29) is 0 Å². The summed E-state index contributed by atoms with van der Waals surface area (Å²) >= 11 is 5.73. The molecule has 1 aliphatic rings. The van der Waals surface area contributed by atoms with Crippen LogP contribution < -0.4 is 4.90 Å². The Morgan fingerprint density at radius 1 is 1.33 bits per heavy atom. The summed E-state index contributed by atoms with van der Waals surface area (Å²) in [7, 11) is 0. The van der Waals surface area contributed by atoms with Crippen molar-refractivity contribution in [2.75, 3.05) is 18.0 Å². The fraction of sp³-hybridized carbons (Fsp3) is 0.583. The molecule has 0 spiro atoms. The van der Waals surface area contributed by atoms with Crippen LogP contribution in [-0.4, -0.2) is 18.1 Å². The van der Waals surface area contributed by atoms with E-state index >= 15 is 0 Å². The Kier molecular flexibility index (Phi) is 3.15. The summed E-state index contributed by atoms with van der Waals surface area (Å²) in [6, 6.07) is 4.13. The van der Waals surface area contributed by atoms with Gasteiger partial charge < -0.3 is 4.90 Å². The zero-order valence-corrected chi connectivity index (χ0v) is 10.0. The van der Waals surface area contributed by atoms with E-state index in [0.717, 1.165) is 36.3 Å². The molecule has 0 radical (unpaired) electrons. The summed E-state index contributed by atoms with van der Waals surface area (Å²) in [6.07, 6.45) is 1.87. The van der Waals surface area contributed by atoms with E-state index in [9.17, 15) is 0 Å².